The van der Waals surface area contributed by atoms with Crippen molar-refractivity contribution in [2.75, 3.05) is 0 Å². The molecule has 0 unspecified atom stereocenters. The Kier molecular flexibility index (Phi) is 4.03. The molecule has 108 valence electrons. The molecular weight excluding hydrogens is 275 g/mol. The Hall–Kier alpha value is -2.69. The summed E-state index contributed by atoms with van der Waals surface area (Å²) in [4.78, 5) is 22.2. The van der Waals surface area contributed by atoms with Crippen molar-refractivity contribution in [3.05, 3.63) is 58.9 Å². The summed E-state index contributed by atoms with van der Waals surface area (Å²) in [5.74, 6) is -1.81. The Balaban J connectivity index is 2.37. The van der Waals surface area contributed by atoms with E-state index >= 15 is 0 Å². The fourth-order valence-corrected chi connectivity index (χ4v) is 1.88. The van der Waals surface area contributed by atoms with E-state index < -0.39 is 11.8 Å². The van der Waals surface area contributed by atoms with E-state index in [1.165, 1.54) is 31.2 Å². The Labute approximate surface area is 120 Å². The molecule has 0 amide bonds. The zero-order chi connectivity index (χ0) is 15.6. The number of hydrogen-bond acceptors (Lipinski definition) is 3. The number of rotatable bonds is 4. The summed E-state index contributed by atoms with van der Waals surface area (Å²) in [7, 11) is 0. The van der Waals surface area contributed by atoms with Gasteiger partial charge in [-0.15, -0.1) is 0 Å². The third-order valence-electron chi connectivity index (χ3n) is 3.07. The lowest BCUT2D eigenvalue weighted by atomic mass is 10.1. The van der Waals surface area contributed by atoms with Crippen LogP contribution >= 0.6 is 0 Å². The standard InChI is InChI=1S/C16H13FO4/c1-9-12(16(19)20)4-3-5-14(9)21-15-7-6-11(10(2)18)8-13(15)17/h3-8H,1-2H3,(H,19,20). The van der Waals surface area contributed by atoms with Crippen LogP contribution in [0.2, 0.25) is 0 Å². The molecule has 5 heteroatoms. The lowest BCUT2D eigenvalue weighted by Gasteiger charge is -2.11. The van der Waals surface area contributed by atoms with E-state index in [4.69, 9.17) is 9.84 Å². The molecule has 2 aromatic rings. The van der Waals surface area contributed by atoms with E-state index in [1.54, 1.807) is 13.0 Å². The van der Waals surface area contributed by atoms with E-state index in [0.717, 1.165) is 6.07 Å². The minimum absolute atomic E-state index is 0.0642. The molecule has 0 aliphatic heterocycles. The zero-order valence-corrected chi connectivity index (χ0v) is 11.5. The van der Waals surface area contributed by atoms with Crippen molar-refractivity contribution >= 4 is 11.8 Å². The van der Waals surface area contributed by atoms with Crippen molar-refractivity contribution in [3.63, 3.8) is 0 Å². The third kappa shape index (κ3) is 3.08. The zero-order valence-electron chi connectivity index (χ0n) is 11.5. The van der Waals surface area contributed by atoms with Crippen LogP contribution in [0.25, 0.3) is 0 Å². The van der Waals surface area contributed by atoms with Crippen molar-refractivity contribution < 1.29 is 23.8 Å². The first kappa shape index (κ1) is 14.7. The highest BCUT2D eigenvalue weighted by Crippen LogP contribution is 2.29. The third-order valence-corrected chi connectivity index (χ3v) is 3.07. The van der Waals surface area contributed by atoms with Crippen LogP contribution in [0.15, 0.2) is 36.4 Å². The topological polar surface area (TPSA) is 63.6 Å². The molecule has 0 fully saturated rings. The number of benzene rings is 2. The van der Waals surface area contributed by atoms with Crippen LogP contribution in [0, 0.1) is 12.7 Å². The first-order chi connectivity index (χ1) is 9.90. The van der Waals surface area contributed by atoms with Crippen LogP contribution < -0.4 is 4.74 Å². The van der Waals surface area contributed by atoms with Gasteiger partial charge in [-0.25, -0.2) is 9.18 Å². The fourth-order valence-electron chi connectivity index (χ4n) is 1.88. The maximum atomic E-state index is 13.9. The predicted octanol–water partition coefficient (Wildman–Crippen LogP) is 3.83. The summed E-state index contributed by atoms with van der Waals surface area (Å²) in [6, 6.07) is 8.41. The summed E-state index contributed by atoms with van der Waals surface area (Å²) in [6.07, 6.45) is 0. The van der Waals surface area contributed by atoms with E-state index in [9.17, 15) is 14.0 Å². The van der Waals surface area contributed by atoms with Crippen molar-refractivity contribution in [3.8, 4) is 11.5 Å². The van der Waals surface area contributed by atoms with E-state index in [2.05, 4.69) is 0 Å². The van der Waals surface area contributed by atoms with Crippen LogP contribution in [0.3, 0.4) is 0 Å². The molecule has 2 aromatic carbocycles. The quantitative estimate of drug-likeness (QED) is 0.868. The minimum atomic E-state index is -1.08. The van der Waals surface area contributed by atoms with E-state index in [1.807, 2.05) is 0 Å². The fraction of sp³-hybridized carbons (Fsp3) is 0.125. The second-order valence-corrected chi connectivity index (χ2v) is 4.54. The molecule has 0 heterocycles. The summed E-state index contributed by atoms with van der Waals surface area (Å²) < 4.78 is 19.3. The smallest absolute Gasteiger partial charge is 0.336 e. The number of carbonyl (C=O) groups excluding carboxylic acids is 1. The number of ketones is 1. The van der Waals surface area contributed by atoms with Gasteiger partial charge in [0.15, 0.2) is 17.3 Å². The summed E-state index contributed by atoms with van der Waals surface area (Å²) >= 11 is 0. The van der Waals surface area contributed by atoms with Gasteiger partial charge in [0.2, 0.25) is 0 Å². The van der Waals surface area contributed by atoms with Crippen molar-refractivity contribution in [1.82, 2.24) is 0 Å². The number of Topliss-reactive ketones (excluding diaryl/α,β-unsaturated/α-hetero) is 1. The molecule has 4 nitrogen and oxygen atoms in total. The molecule has 0 aromatic heterocycles. The number of aromatic carboxylic acids is 1. The Morgan fingerprint density at radius 2 is 1.86 bits per heavy atom. The summed E-state index contributed by atoms with van der Waals surface area (Å²) in [5, 5.41) is 9.04. The lowest BCUT2D eigenvalue weighted by molar-refractivity contribution is 0.0695. The van der Waals surface area contributed by atoms with Crippen LogP contribution in [-0.2, 0) is 0 Å². The van der Waals surface area contributed by atoms with E-state index in [-0.39, 0.29) is 28.4 Å². The van der Waals surface area contributed by atoms with E-state index in [0.29, 0.717) is 5.56 Å². The highest BCUT2D eigenvalue weighted by molar-refractivity contribution is 5.94. The van der Waals surface area contributed by atoms with Gasteiger partial charge in [-0.2, -0.15) is 0 Å². The highest BCUT2D eigenvalue weighted by atomic mass is 19.1. The molecule has 0 saturated heterocycles. The maximum Gasteiger partial charge on any atom is 0.336 e. The first-order valence-corrected chi connectivity index (χ1v) is 6.21. The number of halogens is 1. The largest absolute Gasteiger partial charge is 0.478 e. The molecule has 21 heavy (non-hydrogen) atoms. The summed E-state index contributed by atoms with van der Waals surface area (Å²) in [5.41, 5.74) is 0.740. The predicted molar refractivity (Wildman–Crippen MR) is 74.6 cm³/mol. The van der Waals surface area contributed by atoms with Crippen LogP contribution in [0.4, 0.5) is 4.39 Å². The average Bonchev–Trinajstić information content (AvgIpc) is 2.42. The Morgan fingerprint density at radius 1 is 1.14 bits per heavy atom. The number of carboxylic acid groups (broad SMARTS) is 1. The maximum absolute atomic E-state index is 13.9. The van der Waals surface area contributed by atoms with Gasteiger partial charge in [0.25, 0.3) is 0 Å². The van der Waals surface area contributed by atoms with Gasteiger partial charge < -0.3 is 9.84 Å². The van der Waals surface area contributed by atoms with Gasteiger partial charge >= 0.3 is 5.97 Å². The molecule has 0 atom stereocenters. The minimum Gasteiger partial charge on any atom is -0.478 e. The molecule has 2 rings (SSSR count). The van der Waals surface area contributed by atoms with Gasteiger partial charge in [-0.3, -0.25) is 4.79 Å². The Morgan fingerprint density at radius 3 is 2.43 bits per heavy atom. The van der Waals surface area contributed by atoms with Crippen LogP contribution in [-0.4, -0.2) is 16.9 Å². The molecule has 0 aliphatic carbocycles. The van der Waals surface area contributed by atoms with Crippen LogP contribution in [0.5, 0.6) is 11.5 Å². The van der Waals surface area contributed by atoms with Gasteiger partial charge in [-0.1, -0.05) is 6.07 Å². The summed E-state index contributed by atoms with van der Waals surface area (Å²) in [6.45, 7) is 2.93. The molecule has 0 aliphatic rings. The van der Waals surface area contributed by atoms with Gasteiger partial charge in [-0.05, 0) is 44.2 Å². The second-order valence-electron chi connectivity index (χ2n) is 4.54. The lowest BCUT2D eigenvalue weighted by Crippen LogP contribution is -2.01. The number of carboxylic acids is 1. The Bertz CT molecular complexity index is 722. The average molecular weight is 288 g/mol. The monoisotopic (exact) mass is 288 g/mol. The number of hydrogen-bond donors (Lipinski definition) is 1. The molecular formula is C16H13FO4. The molecule has 0 radical (unpaired) electrons. The van der Waals surface area contributed by atoms with Gasteiger partial charge in [0.05, 0.1) is 5.56 Å². The first-order valence-electron chi connectivity index (χ1n) is 6.21. The molecule has 0 bridgehead atoms. The van der Waals surface area contributed by atoms with Gasteiger partial charge in [0.1, 0.15) is 5.75 Å². The van der Waals surface area contributed by atoms with Crippen molar-refractivity contribution in [2.24, 2.45) is 0 Å². The SMILES string of the molecule is CC(=O)c1ccc(Oc2cccc(C(=O)O)c2C)c(F)c1. The molecule has 1 N–H and O–H groups in total. The van der Waals surface area contributed by atoms with Crippen molar-refractivity contribution in [1.29, 1.82) is 0 Å². The van der Waals surface area contributed by atoms with Crippen molar-refractivity contribution in [2.45, 2.75) is 13.8 Å². The highest BCUT2D eigenvalue weighted by Gasteiger charge is 2.14. The van der Waals surface area contributed by atoms with Crippen LogP contribution in [0.1, 0.15) is 33.2 Å². The molecule has 0 spiro atoms. The number of ether oxygens (including phenoxy) is 1. The normalized spacial score (nSPS) is 10.2. The molecule has 0 saturated carbocycles. The number of carbonyl (C=O) groups is 2. The second kappa shape index (κ2) is 5.75. The van der Waals surface area contributed by atoms with Gasteiger partial charge in [0, 0.05) is 11.1 Å².